The number of amides is 1. The molecule has 0 aromatic rings. The zero-order valence-corrected chi connectivity index (χ0v) is 29.8. The molecule has 5 nitrogen and oxygen atoms in total. The van der Waals surface area contributed by atoms with Crippen LogP contribution in [0.4, 0.5) is 0 Å². The van der Waals surface area contributed by atoms with Crippen molar-refractivity contribution < 1.29 is 20.1 Å². The number of carbonyl (C=O) groups is 1. The van der Waals surface area contributed by atoms with E-state index in [-0.39, 0.29) is 6.61 Å². The van der Waals surface area contributed by atoms with Gasteiger partial charge in [0.2, 0.25) is 5.91 Å². The van der Waals surface area contributed by atoms with Crippen LogP contribution in [0.25, 0.3) is 0 Å². The van der Waals surface area contributed by atoms with Crippen molar-refractivity contribution in [1.29, 1.82) is 0 Å². The lowest BCUT2D eigenvalue weighted by Gasteiger charge is -2.23. The van der Waals surface area contributed by atoms with E-state index in [1.54, 1.807) is 0 Å². The average molecular weight is 626 g/mol. The molecular weight excluding hydrogens is 546 g/mol. The van der Waals surface area contributed by atoms with Gasteiger partial charge in [0.15, 0.2) is 0 Å². The van der Waals surface area contributed by atoms with Crippen LogP contribution >= 0.6 is 0 Å². The van der Waals surface area contributed by atoms with Crippen LogP contribution in [0.5, 0.6) is 0 Å². The normalized spacial score (nSPS) is 13.7. The van der Waals surface area contributed by atoms with Gasteiger partial charge in [-0.2, -0.15) is 0 Å². The van der Waals surface area contributed by atoms with Gasteiger partial charge in [-0.15, -0.1) is 0 Å². The number of carbonyl (C=O) groups excluding carboxylic acids is 1. The van der Waals surface area contributed by atoms with Gasteiger partial charge in [0.25, 0.3) is 0 Å². The van der Waals surface area contributed by atoms with E-state index >= 15 is 0 Å². The van der Waals surface area contributed by atoms with Gasteiger partial charge >= 0.3 is 0 Å². The summed E-state index contributed by atoms with van der Waals surface area (Å²) in [5.41, 5.74) is 0. The van der Waals surface area contributed by atoms with Crippen LogP contribution in [-0.2, 0) is 4.79 Å². The predicted molar refractivity (Wildman–Crippen MR) is 190 cm³/mol. The van der Waals surface area contributed by atoms with Crippen molar-refractivity contribution >= 4 is 5.91 Å². The van der Waals surface area contributed by atoms with Crippen molar-refractivity contribution in [2.24, 2.45) is 0 Å². The molecule has 5 heteroatoms. The quantitative estimate of drug-likeness (QED) is 0.0521. The molecule has 0 aliphatic carbocycles. The van der Waals surface area contributed by atoms with Gasteiger partial charge in [-0.3, -0.25) is 4.79 Å². The standard InChI is InChI=1S/C39H79NO4/c1-3-5-7-9-11-13-15-17-19-21-23-25-27-29-31-33-37(42)36(35-41)40-39(44)38(43)34-32-30-28-26-24-22-20-18-16-14-12-10-8-6-4-2/h36-38,41-43H,3-35H2,1-2H3,(H,40,44). The topological polar surface area (TPSA) is 89.8 Å². The zero-order valence-electron chi connectivity index (χ0n) is 29.8. The Hall–Kier alpha value is -0.650. The molecule has 0 aromatic heterocycles. The van der Waals surface area contributed by atoms with Crippen molar-refractivity contribution in [1.82, 2.24) is 5.32 Å². The third-order valence-electron chi connectivity index (χ3n) is 9.48. The van der Waals surface area contributed by atoms with Crippen LogP contribution < -0.4 is 5.32 Å². The largest absolute Gasteiger partial charge is 0.394 e. The molecule has 0 radical (unpaired) electrons. The smallest absolute Gasteiger partial charge is 0.249 e. The second-order valence-electron chi connectivity index (χ2n) is 13.9. The molecule has 0 heterocycles. The molecule has 0 bridgehead atoms. The molecular formula is C39H79NO4. The van der Waals surface area contributed by atoms with Crippen LogP contribution in [0.3, 0.4) is 0 Å². The number of nitrogens with one attached hydrogen (secondary N) is 1. The number of aliphatic hydroxyl groups excluding tert-OH is 3. The third kappa shape index (κ3) is 30.0. The first-order valence-corrected chi connectivity index (χ1v) is 19.8. The number of hydrogen-bond acceptors (Lipinski definition) is 4. The van der Waals surface area contributed by atoms with Crippen molar-refractivity contribution in [3.63, 3.8) is 0 Å². The van der Waals surface area contributed by atoms with E-state index in [4.69, 9.17) is 0 Å². The second-order valence-corrected chi connectivity index (χ2v) is 13.9. The van der Waals surface area contributed by atoms with E-state index < -0.39 is 24.2 Å². The lowest BCUT2D eigenvalue weighted by molar-refractivity contribution is -0.131. The Balaban J connectivity index is 3.63. The summed E-state index contributed by atoms with van der Waals surface area (Å²) >= 11 is 0. The maximum absolute atomic E-state index is 12.4. The Kier molecular flexibility index (Phi) is 34.7. The monoisotopic (exact) mass is 626 g/mol. The lowest BCUT2D eigenvalue weighted by Crippen LogP contribution is -2.49. The minimum Gasteiger partial charge on any atom is -0.394 e. The minimum absolute atomic E-state index is 0.308. The Morgan fingerprint density at radius 2 is 0.727 bits per heavy atom. The molecule has 264 valence electrons. The molecule has 0 aliphatic rings. The molecule has 0 aromatic carbocycles. The Morgan fingerprint density at radius 1 is 0.455 bits per heavy atom. The molecule has 0 saturated carbocycles. The predicted octanol–water partition coefficient (Wildman–Crippen LogP) is 10.7. The molecule has 1 amide bonds. The van der Waals surface area contributed by atoms with Crippen molar-refractivity contribution in [3.05, 3.63) is 0 Å². The molecule has 4 N–H and O–H groups in total. The summed E-state index contributed by atoms with van der Waals surface area (Å²) in [7, 11) is 0. The summed E-state index contributed by atoms with van der Waals surface area (Å²) < 4.78 is 0. The van der Waals surface area contributed by atoms with E-state index in [0.29, 0.717) is 12.8 Å². The highest BCUT2D eigenvalue weighted by atomic mass is 16.3. The Morgan fingerprint density at radius 3 is 1.02 bits per heavy atom. The van der Waals surface area contributed by atoms with Gasteiger partial charge in [-0.05, 0) is 12.8 Å². The van der Waals surface area contributed by atoms with Gasteiger partial charge in [-0.1, -0.05) is 206 Å². The maximum Gasteiger partial charge on any atom is 0.249 e. The van der Waals surface area contributed by atoms with Gasteiger partial charge in [0.1, 0.15) is 6.10 Å². The first kappa shape index (κ1) is 43.4. The molecule has 0 fully saturated rings. The second kappa shape index (κ2) is 35.2. The van der Waals surface area contributed by atoms with E-state index in [1.165, 1.54) is 161 Å². The van der Waals surface area contributed by atoms with Crippen molar-refractivity contribution in [2.75, 3.05) is 6.61 Å². The van der Waals surface area contributed by atoms with E-state index in [2.05, 4.69) is 19.2 Å². The SMILES string of the molecule is CCCCCCCCCCCCCCCCCC(O)C(=O)NC(CO)C(O)CCCCCCCCCCCCCCCCC. The molecule has 0 rings (SSSR count). The van der Waals surface area contributed by atoms with E-state index in [9.17, 15) is 20.1 Å². The summed E-state index contributed by atoms with van der Waals surface area (Å²) in [6, 6.07) is -0.704. The maximum atomic E-state index is 12.4. The first-order chi connectivity index (χ1) is 21.6. The number of aliphatic hydroxyl groups is 3. The van der Waals surface area contributed by atoms with Gasteiger partial charge < -0.3 is 20.6 Å². The van der Waals surface area contributed by atoms with E-state index in [1.807, 2.05) is 0 Å². The summed E-state index contributed by atoms with van der Waals surface area (Å²) in [6.07, 6.45) is 38.0. The van der Waals surface area contributed by atoms with Gasteiger partial charge in [0.05, 0.1) is 18.8 Å². The number of hydrogen-bond donors (Lipinski definition) is 4. The Bertz CT molecular complexity index is 572. The highest BCUT2D eigenvalue weighted by molar-refractivity contribution is 5.80. The van der Waals surface area contributed by atoms with Crippen LogP contribution in [0.15, 0.2) is 0 Å². The minimum atomic E-state index is -1.07. The average Bonchev–Trinajstić information content (AvgIpc) is 3.03. The third-order valence-corrected chi connectivity index (χ3v) is 9.48. The first-order valence-electron chi connectivity index (χ1n) is 19.8. The fourth-order valence-electron chi connectivity index (χ4n) is 6.31. The molecule has 3 atom stereocenters. The summed E-state index contributed by atoms with van der Waals surface area (Å²) in [4.78, 5) is 12.4. The molecule has 44 heavy (non-hydrogen) atoms. The highest BCUT2D eigenvalue weighted by Gasteiger charge is 2.23. The molecule has 3 unspecified atom stereocenters. The summed E-state index contributed by atoms with van der Waals surface area (Å²) in [5.74, 6) is -0.468. The summed E-state index contributed by atoms with van der Waals surface area (Å²) in [6.45, 7) is 4.23. The zero-order chi connectivity index (χ0) is 32.4. The fraction of sp³-hybridized carbons (Fsp3) is 0.974. The number of rotatable bonds is 36. The lowest BCUT2D eigenvalue weighted by atomic mass is 10.0. The van der Waals surface area contributed by atoms with Crippen LogP contribution in [0.1, 0.15) is 219 Å². The highest BCUT2D eigenvalue weighted by Crippen LogP contribution is 2.16. The Labute approximate surface area is 275 Å². The van der Waals surface area contributed by atoms with Gasteiger partial charge in [-0.25, -0.2) is 0 Å². The van der Waals surface area contributed by atoms with Gasteiger partial charge in [0, 0.05) is 0 Å². The number of unbranched alkanes of at least 4 members (excludes halogenated alkanes) is 28. The van der Waals surface area contributed by atoms with Crippen LogP contribution in [0, 0.1) is 0 Å². The van der Waals surface area contributed by atoms with Crippen molar-refractivity contribution in [3.8, 4) is 0 Å². The van der Waals surface area contributed by atoms with Crippen molar-refractivity contribution in [2.45, 2.75) is 238 Å². The van der Waals surface area contributed by atoms with Crippen LogP contribution in [0.2, 0.25) is 0 Å². The fourth-order valence-corrected chi connectivity index (χ4v) is 6.31. The summed E-state index contributed by atoms with van der Waals surface area (Å²) in [5, 5.41) is 33.2. The molecule has 0 saturated heterocycles. The molecule has 0 aliphatic heterocycles. The van der Waals surface area contributed by atoms with E-state index in [0.717, 1.165) is 32.1 Å². The van der Waals surface area contributed by atoms with Crippen LogP contribution in [-0.4, -0.2) is 46.1 Å². The molecule has 0 spiro atoms.